The zero-order valence-electron chi connectivity index (χ0n) is 14.5. The number of aromatic nitrogens is 2. The average Bonchev–Trinajstić information content (AvgIpc) is 3.21. The molecule has 1 aromatic carbocycles. The summed E-state index contributed by atoms with van der Waals surface area (Å²) >= 11 is 2.61. The van der Waals surface area contributed by atoms with Gasteiger partial charge in [-0.2, -0.15) is 0 Å². The Hall–Kier alpha value is -2.58. The molecule has 0 unspecified atom stereocenters. The third kappa shape index (κ3) is 4.14. The normalized spacial score (nSPS) is 10.6. The zero-order valence-corrected chi connectivity index (χ0v) is 16.2. The van der Waals surface area contributed by atoms with Crippen LogP contribution in [0.5, 0.6) is 0 Å². The molecular formula is C18H17N3O3S2. The summed E-state index contributed by atoms with van der Waals surface area (Å²) in [7, 11) is 1.31. The fourth-order valence-corrected chi connectivity index (χ4v) is 4.08. The Kier molecular flexibility index (Phi) is 5.43. The highest BCUT2D eigenvalue weighted by molar-refractivity contribution is 7.17. The first kappa shape index (κ1) is 18.2. The van der Waals surface area contributed by atoms with Gasteiger partial charge in [-0.05, 0) is 19.9 Å². The van der Waals surface area contributed by atoms with Gasteiger partial charge in [-0.15, -0.1) is 11.3 Å². The van der Waals surface area contributed by atoms with Crippen molar-refractivity contribution in [1.29, 1.82) is 0 Å². The number of benzene rings is 1. The molecule has 2 heterocycles. The summed E-state index contributed by atoms with van der Waals surface area (Å²) < 4.78 is 4.69. The number of methoxy groups -OCH3 is 1. The minimum Gasteiger partial charge on any atom is -0.465 e. The van der Waals surface area contributed by atoms with Crippen molar-refractivity contribution in [1.82, 2.24) is 9.97 Å². The predicted octanol–water partition coefficient (Wildman–Crippen LogP) is 3.85. The number of hydrogen-bond donors (Lipinski definition) is 1. The lowest BCUT2D eigenvalue weighted by atomic mass is 10.1. The largest absolute Gasteiger partial charge is 0.465 e. The van der Waals surface area contributed by atoms with E-state index in [2.05, 4.69) is 21.4 Å². The van der Waals surface area contributed by atoms with Crippen LogP contribution in [0.15, 0.2) is 29.6 Å². The van der Waals surface area contributed by atoms with Gasteiger partial charge in [-0.1, -0.05) is 35.1 Å². The summed E-state index contributed by atoms with van der Waals surface area (Å²) in [5.74, 6) is -0.681. The van der Waals surface area contributed by atoms with Crippen LogP contribution in [-0.4, -0.2) is 29.0 Å². The number of amides is 1. The van der Waals surface area contributed by atoms with Crippen LogP contribution >= 0.6 is 22.7 Å². The molecule has 0 bridgehead atoms. The summed E-state index contributed by atoms with van der Waals surface area (Å²) in [4.78, 5) is 33.0. The zero-order chi connectivity index (χ0) is 18.7. The summed E-state index contributed by atoms with van der Waals surface area (Å²) in [5.41, 5.74) is 3.44. The van der Waals surface area contributed by atoms with Gasteiger partial charge >= 0.3 is 5.97 Å². The Morgan fingerprint density at radius 1 is 1.23 bits per heavy atom. The lowest BCUT2D eigenvalue weighted by molar-refractivity contribution is -0.115. The van der Waals surface area contributed by atoms with Crippen LogP contribution < -0.4 is 5.32 Å². The fourth-order valence-electron chi connectivity index (χ4n) is 2.36. The molecule has 0 radical (unpaired) electrons. The number of carbonyl (C=O) groups excluding carboxylic acids is 2. The van der Waals surface area contributed by atoms with Crippen LogP contribution in [0.2, 0.25) is 0 Å². The predicted molar refractivity (Wildman–Crippen MR) is 103 cm³/mol. The molecule has 0 fully saturated rings. The van der Waals surface area contributed by atoms with E-state index in [4.69, 9.17) is 4.74 Å². The van der Waals surface area contributed by atoms with Crippen LogP contribution in [-0.2, 0) is 16.0 Å². The van der Waals surface area contributed by atoms with Crippen molar-refractivity contribution in [3.8, 4) is 10.6 Å². The van der Waals surface area contributed by atoms with Crippen molar-refractivity contribution in [3.63, 3.8) is 0 Å². The van der Waals surface area contributed by atoms with E-state index in [0.29, 0.717) is 21.4 Å². The summed E-state index contributed by atoms with van der Waals surface area (Å²) in [6.07, 6.45) is 0.147. The average molecular weight is 387 g/mol. The molecule has 0 saturated carbocycles. The van der Waals surface area contributed by atoms with Gasteiger partial charge in [0.25, 0.3) is 0 Å². The topological polar surface area (TPSA) is 81.2 Å². The van der Waals surface area contributed by atoms with Gasteiger partial charge in [0.1, 0.15) is 9.88 Å². The summed E-state index contributed by atoms with van der Waals surface area (Å²) in [6, 6.07) is 8.09. The van der Waals surface area contributed by atoms with Gasteiger partial charge in [0, 0.05) is 10.9 Å². The van der Waals surface area contributed by atoms with Crippen molar-refractivity contribution < 1.29 is 14.3 Å². The van der Waals surface area contributed by atoms with Crippen LogP contribution in [0.3, 0.4) is 0 Å². The SMILES string of the molecule is COC(=O)c1sc(NC(=O)Cc2csc(-c3cccc(C)c3)n2)nc1C. The number of esters is 1. The van der Waals surface area contributed by atoms with Gasteiger partial charge in [-0.25, -0.2) is 14.8 Å². The van der Waals surface area contributed by atoms with Crippen LogP contribution in [0, 0.1) is 13.8 Å². The molecule has 0 aliphatic carbocycles. The smallest absolute Gasteiger partial charge is 0.350 e. The van der Waals surface area contributed by atoms with Crippen LogP contribution in [0.25, 0.3) is 10.6 Å². The first-order chi connectivity index (χ1) is 12.5. The Labute approximate surface area is 158 Å². The number of carbonyl (C=O) groups is 2. The van der Waals surface area contributed by atoms with E-state index in [1.54, 1.807) is 6.92 Å². The lowest BCUT2D eigenvalue weighted by Crippen LogP contribution is -2.14. The van der Waals surface area contributed by atoms with E-state index in [9.17, 15) is 9.59 Å². The lowest BCUT2D eigenvalue weighted by Gasteiger charge is -1.99. The monoisotopic (exact) mass is 387 g/mol. The van der Waals surface area contributed by atoms with E-state index in [-0.39, 0.29) is 12.3 Å². The molecule has 1 amide bonds. The Bertz CT molecular complexity index is 962. The number of nitrogens with zero attached hydrogens (tertiary/aromatic N) is 2. The number of nitrogens with one attached hydrogen (secondary N) is 1. The van der Waals surface area contributed by atoms with Crippen LogP contribution in [0.1, 0.15) is 26.6 Å². The van der Waals surface area contributed by atoms with Gasteiger partial charge in [0.15, 0.2) is 5.13 Å². The van der Waals surface area contributed by atoms with E-state index in [0.717, 1.165) is 27.5 Å². The molecule has 3 rings (SSSR count). The molecule has 134 valence electrons. The Morgan fingerprint density at radius 3 is 2.77 bits per heavy atom. The maximum absolute atomic E-state index is 12.2. The van der Waals surface area contributed by atoms with Crippen molar-refractivity contribution in [2.24, 2.45) is 0 Å². The van der Waals surface area contributed by atoms with Crippen molar-refractivity contribution in [2.45, 2.75) is 20.3 Å². The second-order valence-electron chi connectivity index (χ2n) is 5.66. The van der Waals surface area contributed by atoms with E-state index < -0.39 is 5.97 Å². The van der Waals surface area contributed by atoms with E-state index >= 15 is 0 Å². The highest BCUT2D eigenvalue weighted by atomic mass is 32.1. The Morgan fingerprint density at radius 2 is 2.04 bits per heavy atom. The molecule has 3 aromatic rings. The second kappa shape index (κ2) is 7.76. The third-order valence-electron chi connectivity index (χ3n) is 3.57. The molecule has 6 nitrogen and oxygen atoms in total. The first-order valence-electron chi connectivity index (χ1n) is 7.83. The number of ether oxygens (including phenoxy) is 1. The third-order valence-corrected chi connectivity index (χ3v) is 5.57. The maximum Gasteiger partial charge on any atom is 0.350 e. The van der Waals surface area contributed by atoms with Crippen LogP contribution in [0.4, 0.5) is 5.13 Å². The second-order valence-corrected chi connectivity index (χ2v) is 7.52. The number of thiazole rings is 2. The molecule has 1 N–H and O–H groups in total. The number of hydrogen-bond acceptors (Lipinski definition) is 7. The first-order valence-corrected chi connectivity index (χ1v) is 9.53. The molecule has 0 aliphatic heterocycles. The van der Waals surface area contributed by atoms with Gasteiger partial charge in [0.2, 0.25) is 5.91 Å². The van der Waals surface area contributed by atoms with Crippen molar-refractivity contribution in [3.05, 3.63) is 51.5 Å². The molecular weight excluding hydrogens is 370 g/mol. The minimum absolute atomic E-state index is 0.147. The molecule has 0 aliphatic rings. The van der Waals surface area contributed by atoms with E-state index in [1.807, 2.05) is 30.5 Å². The minimum atomic E-state index is -0.456. The molecule has 2 aromatic heterocycles. The summed E-state index contributed by atoms with van der Waals surface area (Å²) in [5, 5.41) is 5.85. The van der Waals surface area contributed by atoms with Crippen molar-refractivity contribution in [2.75, 3.05) is 12.4 Å². The van der Waals surface area contributed by atoms with Gasteiger partial charge < -0.3 is 10.1 Å². The highest BCUT2D eigenvalue weighted by Gasteiger charge is 2.17. The van der Waals surface area contributed by atoms with Crippen molar-refractivity contribution >= 4 is 39.7 Å². The summed E-state index contributed by atoms with van der Waals surface area (Å²) in [6.45, 7) is 3.73. The molecule has 26 heavy (non-hydrogen) atoms. The highest BCUT2D eigenvalue weighted by Crippen LogP contribution is 2.26. The standard InChI is InChI=1S/C18H17N3O3S2/c1-10-5-4-6-12(7-10)16-20-13(9-25-16)8-14(22)21-18-19-11(2)15(26-18)17(23)24-3/h4-7,9H,8H2,1-3H3,(H,19,21,22). The molecule has 8 heteroatoms. The van der Waals surface area contributed by atoms with E-state index in [1.165, 1.54) is 18.4 Å². The molecule has 0 spiro atoms. The molecule has 0 saturated heterocycles. The number of anilines is 1. The maximum atomic E-state index is 12.2. The quantitative estimate of drug-likeness (QED) is 0.673. The van der Waals surface area contributed by atoms with Gasteiger partial charge in [0.05, 0.1) is 24.9 Å². The molecule has 0 atom stereocenters. The number of aryl methyl sites for hydroxylation is 2. The number of rotatable bonds is 5. The Balaban J connectivity index is 1.67. The van der Waals surface area contributed by atoms with Gasteiger partial charge in [-0.3, -0.25) is 4.79 Å². The fraction of sp³-hybridized carbons (Fsp3) is 0.222.